The lowest BCUT2D eigenvalue weighted by atomic mass is 9.93. The molecule has 0 aliphatic carbocycles. The fourth-order valence-corrected chi connectivity index (χ4v) is 3.46. The molecule has 2 N–H and O–H groups in total. The first kappa shape index (κ1) is 27.1. The molecule has 0 bridgehead atoms. The first-order valence-electron chi connectivity index (χ1n) is 8.49. The maximum absolute atomic E-state index is 12.5. The Morgan fingerprint density at radius 2 is 1.93 bits per heavy atom. The van der Waals surface area contributed by atoms with Gasteiger partial charge in [-0.1, -0.05) is 25.4 Å². The monoisotopic (exact) mass is 467 g/mol. The Bertz CT molecular complexity index is 738. The van der Waals surface area contributed by atoms with E-state index in [1.165, 1.54) is 11.8 Å². The van der Waals surface area contributed by atoms with Gasteiger partial charge in [0.25, 0.3) is 0 Å². The third-order valence-electron chi connectivity index (χ3n) is 4.08. The van der Waals surface area contributed by atoms with Crippen molar-refractivity contribution in [2.45, 2.75) is 31.8 Å². The highest BCUT2D eigenvalue weighted by atomic mass is 35.5. The maximum atomic E-state index is 12.5. The van der Waals surface area contributed by atoms with E-state index in [9.17, 15) is 4.79 Å². The molecule has 0 aliphatic rings. The number of oxazole rings is 1. The van der Waals surface area contributed by atoms with Crippen molar-refractivity contribution in [3.05, 3.63) is 41.4 Å². The summed E-state index contributed by atoms with van der Waals surface area (Å²) in [5, 5.41) is 0.498. The van der Waals surface area contributed by atoms with Gasteiger partial charge in [-0.3, -0.25) is 4.79 Å². The molecule has 1 atom stereocenters. The van der Waals surface area contributed by atoms with Crippen LogP contribution in [0.2, 0.25) is 5.02 Å². The van der Waals surface area contributed by atoms with Crippen LogP contribution < -0.4 is 5.73 Å². The fraction of sp³-hybridized carbons (Fsp3) is 0.474. The third kappa shape index (κ3) is 7.84. The van der Waals surface area contributed by atoms with Gasteiger partial charge in [-0.25, -0.2) is 4.98 Å². The molecule has 1 amide bonds. The summed E-state index contributed by atoms with van der Waals surface area (Å²) in [5.41, 5.74) is 6.58. The molecular formula is C19H28Cl3N3O2S. The van der Waals surface area contributed by atoms with Gasteiger partial charge in [-0.05, 0) is 43.1 Å². The Morgan fingerprint density at radius 3 is 2.50 bits per heavy atom. The second kappa shape index (κ2) is 11.9. The Labute approximate surface area is 188 Å². The van der Waals surface area contributed by atoms with Gasteiger partial charge in [0.1, 0.15) is 0 Å². The lowest BCUT2D eigenvalue weighted by molar-refractivity contribution is -0.130. The van der Waals surface area contributed by atoms with Crippen LogP contribution in [0.5, 0.6) is 0 Å². The second-order valence-electron chi connectivity index (χ2n) is 7.14. The van der Waals surface area contributed by atoms with Crippen molar-refractivity contribution in [2.75, 3.05) is 20.1 Å². The minimum Gasteiger partial charge on any atom is -0.440 e. The summed E-state index contributed by atoms with van der Waals surface area (Å²) in [6.07, 6.45) is 1.70. The number of rotatable bonds is 8. The van der Waals surface area contributed by atoms with Gasteiger partial charge in [0.2, 0.25) is 11.8 Å². The highest BCUT2D eigenvalue weighted by Gasteiger charge is 2.24. The number of aromatic nitrogens is 1. The lowest BCUT2D eigenvalue weighted by Gasteiger charge is -2.30. The molecule has 28 heavy (non-hydrogen) atoms. The average Bonchev–Trinajstić information content (AvgIpc) is 3.08. The van der Waals surface area contributed by atoms with Gasteiger partial charge < -0.3 is 15.1 Å². The summed E-state index contributed by atoms with van der Waals surface area (Å²) in [4.78, 5) is 18.6. The molecule has 0 aliphatic heterocycles. The molecule has 5 nitrogen and oxygen atoms in total. The van der Waals surface area contributed by atoms with Crippen molar-refractivity contribution in [3.8, 4) is 11.3 Å². The number of amides is 1. The van der Waals surface area contributed by atoms with Crippen LogP contribution >= 0.6 is 48.2 Å². The van der Waals surface area contributed by atoms with Gasteiger partial charge in [0, 0.05) is 24.2 Å². The molecule has 0 spiro atoms. The molecule has 1 unspecified atom stereocenters. The van der Waals surface area contributed by atoms with Crippen LogP contribution in [0.25, 0.3) is 11.3 Å². The topological polar surface area (TPSA) is 72.4 Å². The van der Waals surface area contributed by atoms with Crippen molar-refractivity contribution in [1.29, 1.82) is 0 Å². The number of hydrogen-bond donors (Lipinski definition) is 1. The van der Waals surface area contributed by atoms with Crippen molar-refractivity contribution in [3.63, 3.8) is 0 Å². The minimum absolute atomic E-state index is 0. The zero-order chi connectivity index (χ0) is 19.3. The number of halogens is 3. The van der Waals surface area contributed by atoms with Crippen molar-refractivity contribution in [2.24, 2.45) is 11.1 Å². The van der Waals surface area contributed by atoms with Crippen LogP contribution in [0.3, 0.4) is 0 Å². The standard InChI is InChI=1S/C19H26ClN3O2S.2ClH/c1-13(18(24)23(4)12-19(2,3)11-21)26-10-17-22-9-16(25-17)14-5-7-15(20)8-6-14;;/h5-9,13H,10-12,21H2,1-4H3;2*1H. The van der Waals surface area contributed by atoms with Crippen molar-refractivity contribution in [1.82, 2.24) is 9.88 Å². The highest BCUT2D eigenvalue weighted by Crippen LogP contribution is 2.25. The predicted octanol–water partition coefficient (Wildman–Crippen LogP) is 4.90. The third-order valence-corrected chi connectivity index (χ3v) is 5.45. The van der Waals surface area contributed by atoms with Crippen LogP contribution in [0.4, 0.5) is 0 Å². The lowest BCUT2D eigenvalue weighted by Crippen LogP contribution is -2.42. The van der Waals surface area contributed by atoms with E-state index in [0.29, 0.717) is 35.5 Å². The minimum atomic E-state index is -0.181. The number of nitrogens with zero attached hydrogens (tertiary/aromatic N) is 2. The summed E-state index contributed by atoms with van der Waals surface area (Å²) in [7, 11) is 1.82. The molecule has 9 heteroatoms. The van der Waals surface area contributed by atoms with E-state index in [4.69, 9.17) is 21.8 Å². The first-order chi connectivity index (χ1) is 12.2. The Kier molecular flexibility index (Phi) is 11.5. The van der Waals surface area contributed by atoms with Crippen LogP contribution in [0.1, 0.15) is 26.7 Å². The molecular weight excluding hydrogens is 441 g/mol. The summed E-state index contributed by atoms with van der Waals surface area (Å²) in [6.45, 7) is 7.18. The molecule has 1 aromatic carbocycles. The molecule has 158 valence electrons. The largest absolute Gasteiger partial charge is 0.440 e. The maximum Gasteiger partial charge on any atom is 0.235 e. The first-order valence-corrected chi connectivity index (χ1v) is 9.92. The molecule has 0 saturated carbocycles. The SMILES string of the molecule is CC(SCc1ncc(-c2ccc(Cl)cc2)o1)C(=O)N(C)CC(C)(C)CN.Cl.Cl. The Balaban J connectivity index is 0.00000364. The van der Waals surface area contributed by atoms with Crippen LogP contribution in [-0.4, -0.2) is 41.2 Å². The average molecular weight is 469 g/mol. The Morgan fingerprint density at radius 1 is 1.32 bits per heavy atom. The number of hydrogen-bond acceptors (Lipinski definition) is 5. The van der Waals surface area contributed by atoms with Crippen LogP contribution in [-0.2, 0) is 10.5 Å². The van der Waals surface area contributed by atoms with E-state index in [1.54, 1.807) is 11.1 Å². The normalized spacial score (nSPS) is 11.9. The number of carbonyl (C=O) groups is 1. The van der Waals surface area contributed by atoms with Crippen LogP contribution in [0, 0.1) is 5.41 Å². The Hall–Kier alpha value is -0.920. The van der Waals surface area contributed by atoms with E-state index in [0.717, 1.165) is 5.56 Å². The summed E-state index contributed by atoms with van der Waals surface area (Å²) in [5.74, 6) is 1.91. The predicted molar refractivity (Wildman–Crippen MR) is 123 cm³/mol. The molecule has 0 radical (unpaired) electrons. The van der Waals surface area contributed by atoms with Crippen LogP contribution in [0.15, 0.2) is 34.9 Å². The van der Waals surface area contributed by atoms with Gasteiger partial charge in [-0.2, -0.15) is 0 Å². The number of benzene rings is 1. The summed E-state index contributed by atoms with van der Waals surface area (Å²) in [6, 6.07) is 7.40. The van der Waals surface area contributed by atoms with E-state index < -0.39 is 0 Å². The second-order valence-corrected chi connectivity index (χ2v) is 8.91. The van der Waals surface area contributed by atoms with E-state index in [-0.39, 0.29) is 41.4 Å². The molecule has 1 heterocycles. The molecule has 2 aromatic rings. The van der Waals surface area contributed by atoms with Crippen molar-refractivity contribution >= 4 is 54.1 Å². The van der Waals surface area contributed by atoms with Gasteiger partial charge in [0.05, 0.1) is 17.2 Å². The molecule has 0 saturated heterocycles. The fourth-order valence-electron chi connectivity index (χ4n) is 2.49. The zero-order valence-electron chi connectivity index (χ0n) is 16.5. The molecule has 1 aromatic heterocycles. The smallest absolute Gasteiger partial charge is 0.235 e. The number of nitrogens with two attached hydrogens (primary N) is 1. The highest BCUT2D eigenvalue weighted by molar-refractivity contribution is 7.99. The van der Waals surface area contributed by atoms with Gasteiger partial charge in [0.15, 0.2) is 5.76 Å². The molecule has 2 rings (SSSR count). The number of carbonyl (C=O) groups excluding carboxylic acids is 1. The summed E-state index contributed by atoms with van der Waals surface area (Å²) < 4.78 is 5.78. The molecule has 0 fully saturated rings. The van der Waals surface area contributed by atoms with E-state index >= 15 is 0 Å². The van der Waals surface area contributed by atoms with E-state index in [2.05, 4.69) is 18.8 Å². The summed E-state index contributed by atoms with van der Waals surface area (Å²) >= 11 is 7.41. The zero-order valence-corrected chi connectivity index (χ0v) is 19.7. The van der Waals surface area contributed by atoms with Crippen molar-refractivity contribution < 1.29 is 9.21 Å². The quantitative estimate of drug-likeness (QED) is 0.596. The van der Waals surface area contributed by atoms with Gasteiger partial charge >= 0.3 is 0 Å². The van der Waals surface area contributed by atoms with Gasteiger partial charge in [-0.15, -0.1) is 36.6 Å². The van der Waals surface area contributed by atoms with E-state index in [1.807, 2.05) is 38.2 Å². The number of thioether (sulfide) groups is 1.